The minimum Gasteiger partial charge on any atom is -0.437 e. The van der Waals surface area contributed by atoms with Crippen LogP contribution in [0.25, 0.3) is 0 Å². The fourth-order valence-corrected chi connectivity index (χ4v) is 2.50. The van der Waals surface area contributed by atoms with Gasteiger partial charge in [-0.25, -0.2) is 4.98 Å². The van der Waals surface area contributed by atoms with E-state index < -0.39 is 11.7 Å². The van der Waals surface area contributed by atoms with Crippen LogP contribution in [0.2, 0.25) is 0 Å². The van der Waals surface area contributed by atoms with Gasteiger partial charge in [-0.05, 0) is 41.8 Å². The monoisotopic (exact) mass is 388 g/mol. The third-order valence-electron chi connectivity index (χ3n) is 4.06. The number of nitrogens with zero attached hydrogens (tertiary/aromatic N) is 2. The number of alkyl halides is 3. The Labute approximate surface area is 160 Å². The van der Waals surface area contributed by atoms with Crippen LogP contribution in [0.3, 0.4) is 0 Å². The Kier molecular flexibility index (Phi) is 5.39. The van der Waals surface area contributed by atoms with Crippen LogP contribution >= 0.6 is 0 Å². The highest BCUT2D eigenvalue weighted by Crippen LogP contribution is 2.34. The Morgan fingerprint density at radius 1 is 1.04 bits per heavy atom. The van der Waals surface area contributed by atoms with E-state index in [9.17, 15) is 13.2 Å². The van der Waals surface area contributed by atoms with E-state index in [0.717, 1.165) is 17.7 Å². The van der Waals surface area contributed by atoms with Gasteiger partial charge in [-0.1, -0.05) is 32.0 Å². The van der Waals surface area contributed by atoms with Gasteiger partial charge in [-0.2, -0.15) is 18.2 Å². The van der Waals surface area contributed by atoms with Crippen molar-refractivity contribution in [3.05, 3.63) is 66.0 Å². The summed E-state index contributed by atoms with van der Waals surface area (Å²) in [6, 6.07) is 12.3. The van der Waals surface area contributed by atoms with Gasteiger partial charge >= 0.3 is 6.18 Å². The summed E-state index contributed by atoms with van der Waals surface area (Å²) >= 11 is 0. The van der Waals surface area contributed by atoms with Gasteiger partial charge in [0.05, 0.1) is 5.56 Å². The molecule has 3 rings (SSSR count). The van der Waals surface area contributed by atoms with Crippen molar-refractivity contribution in [2.75, 3.05) is 11.1 Å². The summed E-state index contributed by atoms with van der Waals surface area (Å²) in [5, 5.41) is 2.78. The van der Waals surface area contributed by atoms with E-state index in [1.54, 1.807) is 12.1 Å². The Bertz CT molecular complexity index is 956. The van der Waals surface area contributed by atoms with Crippen molar-refractivity contribution in [1.29, 1.82) is 0 Å². The lowest BCUT2D eigenvalue weighted by atomic mass is 10.0. The molecule has 146 valence electrons. The lowest BCUT2D eigenvalue weighted by Gasteiger charge is -2.13. The largest absolute Gasteiger partial charge is 0.437 e. The number of anilines is 3. The first kappa shape index (κ1) is 19.5. The molecule has 0 saturated carbocycles. The molecule has 0 aliphatic carbocycles. The molecular formula is C20H19F3N4O. The molecule has 8 heteroatoms. The van der Waals surface area contributed by atoms with Crippen molar-refractivity contribution in [3.63, 3.8) is 0 Å². The van der Waals surface area contributed by atoms with Crippen molar-refractivity contribution in [3.8, 4) is 11.6 Å². The fourth-order valence-electron chi connectivity index (χ4n) is 2.50. The summed E-state index contributed by atoms with van der Waals surface area (Å²) in [5.41, 5.74) is 6.73. The third-order valence-corrected chi connectivity index (χ3v) is 4.06. The molecule has 2 aromatic carbocycles. The first-order valence-corrected chi connectivity index (χ1v) is 8.56. The minimum absolute atomic E-state index is 0.0906. The zero-order valence-corrected chi connectivity index (χ0v) is 15.3. The second kappa shape index (κ2) is 7.75. The number of hydrogen-bond acceptors (Lipinski definition) is 5. The normalized spacial score (nSPS) is 11.5. The molecule has 0 unspecified atom stereocenters. The Morgan fingerprint density at radius 2 is 1.75 bits per heavy atom. The zero-order chi connectivity index (χ0) is 20.3. The van der Waals surface area contributed by atoms with Crippen LogP contribution in [-0.2, 0) is 6.18 Å². The van der Waals surface area contributed by atoms with Crippen LogP contribution in [0.1, 0.15) is 30.9 Å². The summed E-state index contributed by atoms with van der Waals surface area (Å²) in [6.45, 7) is 4.17. The number of halogens is 3. The molecule has 0 atom stereocenters. The van der Waals surface area contributed by atoms with E-state index in [1.165, 1.54) is 18.5 Å². The average molecular weight is 388 g/mol. The van der Waals surface area contributed by atoms with Crippen LogP contribution in [0.15, 0.2) is 54.9 Å². The number of benzene rings is 2. The summed E-state index contributed by atoms with van der Waals surface area (Å²) in [6.07, 6.45) is -3.21. The first-order chi connectivity index (χ1) is 13.2. The van der Waals surface area contributed by atoms with E-state index in [4.69, 9.17) is 10.5 Å². The van der Waals surface area contributed by atoms with Crippen molar-refractivity contribution < 1.29 is 17.9 Å². The molecule has 0 aliphatic heterocycles. The van der Waals surface area contributed by atoms with Gasteiger partial charge in [0.2, 0.25) is 5.88 Å². The van der Waals surface area contributed by atoms with Gasteiger partial charge in [0.25, 0.3) is 0 Å². The smallest absolute Gasteiger partial charge is 0.416 e. The molecule has 0 saturated heterocycles. The predicted molar refractivity (Wildman–Crippen MR) is 102 cm³/mol. The Morgan fingerprint density at radius 3 is 2.39 bits per heavy atom. The van der Waals surface area contributed by atoms with Crippen LogP contribution in [0.5, 0.6) is 11.6 Å². The highest BCUT2D eigenvalue weighted by molar-refractivity contribution is 5.72. The Balaban J connectivity index is 1.81. The second-order valence-corrected chi connectivity index (χ2v) is 6.47. The van der Waals surface area contributed by atoms with Crippen molar-refractivity contribution in [2.45, 2.75) is 25.9 Å². The van der Waals surface area contributed by atoms with Gasteiger partial charge in [-0.3, -0.25) is 0 Å². The van der Waals surface area contributed by atoms with Crippen LogP contribution in [-0.4, -0.2) is 9.97 Å². The van der Waals surface area contributed by atoms with E-state index in [-0.39, 0.29) is 23.1 Å². The van der Waals surface area contributed by atoms with Crippen molar-refractivity contribution in [2.24, 2.45) is 0 Å². The number of nitrogens with one attached hydrogen (secondary N) is 1. The highest BCUT2D eigenvalue weighted by Gasteiger charge is 2.30. The first-order valence-electron chi connectivity index (χ1n) is 8.56. The molecule has 0 amide bonds. The standard InChI is InChI=1S/C20H19F3N4O/c1-12(2)13-6-8-16(9-7-13)28-19-17(24)18(25-11-26-19)27-15-5-3-4-14(10-15)20(21,22)23/h3-12H,24H2,1-2H3,(H,25,26,27). The van der Waals surface area contributed by atoms with Gasteiger partial charge in [0.15, 0.2) is 5.82 Å². The SMILES string of the molecule is CC(C)c1ccc(Oc2ncnc(Nc3cccc(C(F)(F)F)c3)c2N)cc1. The topological polar surface area (TPSA) is 73.1 Å². The van der Waals surface area contributed by atoms with Gasteiger partial charge in [0.1, 0.15) is 17.8 Å². The molecule has 0 radical (unpaired) electrons. The molecule has 0 spiro atoms. The van der Waals surface area contributed by atoms with E-state index in [2.05, 4.69) is 29.1 Å². The maximum Gasteiger partial charge on any atom is 0.416 e. The van der Waals surface area contributed by atoms with Crippen molar-refractivity contribution in [1.82, 2.24) is 9.97 Å². The van der Waals surface area contributed by atoms with E-state index in [1.807, 2.05) is 12.1 Å². The van der Waals surface area contributed by atoms with Gasteiger partial charge < -0.3 is 15.8 Å². The lowest BCUT2D eigenvalue weighted by Crippen LogP contribution is -2.06. The fraction of sp³-hybridized carbons (Fsp3) is 0.200. The van der Waals surface area contributed by atoms with Crippen LogP contribution < -0.4 is 15.8 Å². The molecule has 0 aliphatic rings. The van der Waals surface area contributed by atoms with Crippen LogP contribution in [0.4, 0.5) is 30.4 Å². The number of nitrogens with two attached hydrogens (primary N) is 1. The van der Waals surface area contributed by atoms with Crippen molar-refractivity contribution >= 4 is 17.2 Å². The average Bonchev–Trinajstić information content (AvgIpc) is 2.65. The molecule has 28 heavy (non-hydrogen) atoms. The van der Waals surface area contributed by atoms with E-state index in [0.29, 0.717) is 11.7 Å². The summed E-state index contributed by atoms with van der Waals surface area (Å²) < 4.78 is 44.3. The van der Waals surface area contributed by atoms with Gasteiger partial charge in [0, 0.05) is 5.69 Å². The molecule has 3 N–H and O–H groups in total. The number of nitrogen functional groups attached to an aromatic ring is 1. The molecule has 3 aromatic rings. The predicted octanol–water partition coefficient (Wildman–Crippen LogP) is 5.74. The minimum atomic E-state index is -4.44. The maximum atomic E-state index is 12.9. The summed E-state index contributed by atoms with van der Waals surface area (Å²) in [4.78, 5) is 8.01. The second-order valence-electron chi connectivity index (χ2n) is 6.47. The lowest BCUT2D eigenvalue weighted by molar-refractivity contribution is -0.137. The highest BCUT2D eigenvalue weighted by atomic mass is 19.4. The molecule has 5 nitrogen and oxygen atoms in total. The number of rotatable bonds is 5. The number of hydrogen-bond donors (Lipinski definition) is 2. The molecule has 1 heterocycles. The quantitative estimate of drug-likeness (QED) is 0.583. The number of aromatic nitrogens is 2. The summed E-state index contributed by atoms with van der Waals surface area (Å²) in [5.74, 6) is 1.20. The maximum absolute atomic E-state index is 12.9. The summed E-state index contributed by atoms with van der Waals surface area (Å²) in [7, 11) is 0. The van der Waals surface area contributed by atoms with Crippen LogP contribution in [0, 0.1) is 0 Å². The van der Waals surface area contributed by atoms with Gasteiger partial charge in [-0.15, -0.1) is 0 Å². The molecule has 0 fully saturated rings. The molecule has 1 aromatic heterocycles. The third kappa shape index (κ3) is 4.51. The Hall–Kier alpha value is -3.29. The zero-order valence-electron chi connectivity index (χ0n) is 15.3. The molecular weight excluding hydrogens is 369 g/mol. The molecule has 0 bridgehead atoms. The number of ether oxygens (including phenoxy) is 1. The van der Waals surface area contributed by atoms with E-state index >= 15 is 0 Å².